The minimum atomic E-state index is 0.00464. The Morgan fingerprint density at radius 3 is 2.23 bits per heavy atom. The lowest BCUT2D eigenvalue weighted by Crippen LogP contribution is -2.38. The van der Waals surface area contributed by atoms with Crippen LogP contribution in [-0.4, -0.2) is 54.9 Å². The van der Waals surface area contributed by atoms with Crippen LogP contribution in [0.4, 0.5) is 0 Å². The number of benzene rings is 2. The molecule has 26 heavy (non-hydrogen) atoms. The number of nitrogens with zero attached hydrogens (tertiary/aromatic N) is 2. The normalized spacial score (nSPS) is 14.7. The standard InChI is InChI=1S/C21H24N2O3/c1-26-19-10-8-18(9-11-19)21(25)23-13-5-12-22(14-15-23)20(24)16-17-6-3-2-4-7-17/h2-4,6-11H,5,12-16H2,1H3. The Morgan fingerprint density at radius 1 is 0.885 bits per heavy atom. The molecular formula is C21H24N2O3. The summed E-state index contributed by atoms with van der Waals surface area (Å²) in [4.78, 5) is 28.9. The van der Waals surface area contributed by atoms with Crippen LogP contribution in [0.15, 0.2) is 54.6 Å². The molecule has 0 unspecified atom stereocenters. The Kier molecular flexibility index (Phi) is 5.89. The summed E-state index contributed by atoms with van der Waals surface area (Å²) in [5.41, 5.74) is 1.67. The monoisotopic (exact) mass is 352 g/mol. The van der Waals surface area contributed by atoms with E-state index >= 15 is 0 Å². The Balaban J connectivity index is 1.58. The maximum atomic E-state index is 12.7. The molecule has 136 valence electrons. The lowest BCUT2D eigenvalue weighted by Gasteiger charge is -2.22. The van der Waals surface area contributed by atoms with Gasteiger partial charge < -0.3 is 14.5 Å². The number of ether oxygens (including phenoxy) is 1. The molecule has 0 aromatic heterocycles. The first kappa shape index (κ1) is 18.0. The van der Waals surface area contributed by atoms with E-state index in [4.69, 9.17) is 4.74 Å². The summed E-state index contributed by atoms with van der Waals surface area (Å²) in [6.45, 7) is 2.50. The fourth-order valence-corrected chi connectivity index (χ4v) is 3.17. The summed E-state index contributed by atoms with van der Waals surface area (Å²) in [5, 5.41) is 0. The van der Waals surface area contributed by atoms with Crippen molar-refractivity contribution in [3.63, 3.8) is 0 Å². The highest BCUT2D eigenvalue weighted by Crippen LogP contribution is 2.15. The van der Waals surface area contributed by atoms with Gasteiger partial charge in [0.2, 0.25) is 5.91 Å². The molecule has 1 aliphatic heterocycles. The highest BCUT2D eigenvalue weighted by atomic mass is 16.5. The van der Waals surface area contributed by atoms with Gasteiger partial charge in [-0.25, -0.2) is 0 Å². The minimum Gasteiger partial charge on any atom is -0.497 e. The number of rotatable bonds is 4. The molecule has 2 aromatic rings. The van der Waals surface area contributed by atoms with E-state index in [0.717, 1.165) is 17.7 Å². The van der Waals surface area contributed by atoms with Gasteiger partial charge in [0.1, 0.15) is 5.75 Å². The highest BCUT2D eigenvalue weighted by Gasteiger charge is 2.22. The van der Waals surface area contributed by atoms with Crippen LogP contribution >= 0.6 is 0 Å². The van der Waals surface area contributed by atoms with Gasteiger partial charge in [-0.05, 0) is 36.2 Å². The molecule has 1 heterocycles. The Bertz CT molecular complexity index is 744. The molecule has 0 N–H and O–H groups in total. The molecule has 1 saturated heterocycles. The van der Waals surface area contributed by atoms with Crippen LogP contribution in [0.5, 0.6) is 5.75 Å². The summed E-state index contributed by atoms with van der Waals surface area (Å²) in [7, 11) is 1.60. The molecule has 5 nitrogen and oxygen atoms in total. The first-order valence-corrected chi connectivity index (χ1v) is 8.92. The number of hydrogen-bond acceptors (Lipinski definition) is 3. The lowest BCUT2D eigenvalue weighted by molar-refractivity contribution is -0.130. The van der Waals surface area contributed by atoms with E-state index in [1.807, 2.05) is 40.1 Å². The molecule has 1 aliphatic rings. The number of methoxy groups -OCH3 is 1. The van der Waals surface area contributed by atoms with Crippen molar-refractivity contribution in [2.45, 2.75) is 12.8 Å². The topological polar surface area (TPSA) is 49.9 Å². The van der Waals surface area contributed by atoms with E-state index in [0.29, 0.717) is 38.2 Å². The minimum absolute atomic E-state index is 0.00464. The van der Waals surface area contributed by atoms with Crippen LogP contribution in [0.1, 0.15) is 22.3 Å². The van der Waals surface area contributed by atoms with Crippen molar-refractivity contribution in [1.29, 1.82) is 0 Å². The second-order valence-corrected chi connectivity index (χ2v) is 6.42. The van der Waals surface area contributed by atoms with Crippen molar-refractivity contribution < 1.29 is 14.3 Å². The zero-order chi connectivity index (χ0) is 18.4. The molecule has 0 spiro atoms. The molecule has 5 heteroatoms. The van der Waals surface area contributed by atoms with Crippen LogP contribution in [-0.2, 0) is 11.2 Å². The van der Waals surface area contributed by atoms with Crippen LogP contribution < -0.4 is 4.74 Å². The second kappa shape index (κ2) is 8.52. The van der Waals surface area contributed by atoms with Crippen LogP contribution in [0.3, 0.4) is 0 Å². The van der Waals surface area contributed by atoms with E-state index in [9.17, 15) is 9.59 Å². The fourth-order valence-electron chi connectivity index (χ4n) is 3.17. The van der Waals surface area contributed by atoms with E-state index in [1.54, 1.807) is 31.4 Å². The number of carbonyl (C=O) groups is 2. The quantitative estimate of drug-likeness (QED) is 0.850. The smallest absolute Gasteiger partial charge is 0.253 e. The van der Waals surface area contributed by atoms with Crippen LogP contribution in [0.25, 0.3) is 0 Å². The SMILES string of the molecule is COc1ccc(C(=O)N2CCCN(C(=O)Cc3ccccc3)CC2)cc1. The Morgan fingerprint density at radius 2 is 1.54 bits per heavy atom. The third-order valence-electron chi connectivity index (χ3n) is 4.67. The van der Waals surface area contributed by atoms with Crippen molar-refractivity contribution in [3.8, 4) is 5.75 Å². The molecule has 0 atom stereocenters. The predicted molar refractivity (Wildman–Crippen MR) is 100 cm³/mol. The van der Waals surface area contributed by atoms with Gasteiger partial charge in [-0.2, -0.15) is 0 Å². The molecular weight excluding hydrogens is 328 g/mol. The number of amides is 2. The summed E-state index contributed by atoms with van der Waals surface area (Å²) in [5.74, 6) is 0.857. The number of carbonyl (C=O) groups excluding carboxylic acids is 2. The van der Waals surface area contributed by atoms with Crippen molar-refractivity contribution >= 4 is 11.8 Å². The van der Waals surface area contributed by atoms with Crippen LogP contribution in [0.2, 0.25) is 0 Å². The van der Waals surface area contributed by atoms with Gasteiger partial charge in [0.05, 0.1) is 13.5 Å². The van der Waals surface area contributed by atoms with E-state index in [2.05, 4.69) is 0 Å². The summed E-state index contributed by atoms with van der Waals surface area (Å²) in [6.07, 6.45) is 1.20. The van der Waals surface area contributed by atoms with Gasteiger partial charge in [-0.3, -0.25) is 9.59 Å². The molecule has 0 bridgehead atoms. The zero-order valence-electron chi connectivity index (χ0n) is 15.1. The third kappa shape index (κ3) is 4.42. The third-order valence-corrected chi connectivity index (χ3v) is 4.67. The van der Waals surface area contributed by atoms with Crippen molar-refractivity contribution in [1.82, 2.24) is 9.80 Å². The molecule has 2 aromatic carbocycles. The molecule has 2 amide bonds. The van der Waals surface area contributed by atoms with Gasteiger partial charge in [0.25, 0.3) is 5.91 Å². The molecule has 0 radical (unpaired) electrons. The largest absolute Gasteiger partial charge is 0.497 e. The maximum absolute atomic E-state index is 12.7. The van der Waals surface area contributed by atoms with Crippen LogP contribution in [0, 0.1) is 0 Å². The summed E-state index contributed by atoms with van der Waals surface area (Å²) in [6, 6.07) is 16.9. The first-order valence-electron chi connectivity index (χ1n) is 8.92. The molecule has 0 saturated carbocycles. The molecule has 3 rings (SSSR count). The van der Waals surface area contributed by atoms with Gasteiger partial charge in [-0.15, -0.1) is 0 Å². The fraction of sp³-hybridized carbons (Fsp3) is 0.333. The molecule has 1 fully saturated rings. The van der Waals surface area contributed by atoms with Gasteiger partial charge in [0, 0.05) is 31.7 Å². The maximum Gasteiger partial charge on any atom is 0.253 e. The Hall–Kier alpha value is -2.82. The van der Waals surface area contributed by atoms with Gasteiger partial charge >= 0.3 is 0 Å². The summed E-state index contributed by atoms with van der Waals surface area (Å²) >= 11 is 0. The number of hydrogen-bond donors (Lipinski definition) is 0. The van der Waals surface area contributed by atoms with E-state index in [1.165, 1.54) is 0 Å². The first-order chi connectivity index (χ1) is 12.7. The lowest BCUT2D eigenvalue weighted by atomic mass is 10.1. The average molecular weight is 352 g/mol. The zero-order valence-corrected chi connectivity index (χ0v) is 15.1. The van der Waals surface area contributed by atoms with E-state index in [-0.39, 0.29) is 11.8 Å². The highest BCUT2D eigenvalue weighted by molar-refractivity contribution is 5.94. The van der Waals surface area contributed by atoms with Gasteiger partial charge in [-0.1, -0.05) is 30.3 Å². The second-order valence-electron chi connectivity index (χ2n) is 6.42. The van der Waals surface area contributed by atoms with Crippen molar-refractivity contribution in [3.05, 3.63) is 65.7 Å². The van der Waals surface area contributed by atoms with Gasteiger partial charge in [0.15, 0.2) is 0 Å². The van der Waals surface area contributed by atoms with Crippen molar-refractivity contribution in [2.75, 3.05) is 33.3 Å². The summed E-state index contributed by atoms with van der Waals surface area (Å²) < 4.78 is 5.13. The predicted octanol–water partition coefficient (Wildman–Crippen LogP) is 2.61. The van der Waals surface area contributed by atoms with E-state index < -0.39 is 0 Å². The molecule has 0 aliphatic carbocycles. The Labute approximate surface area is 154 Å². The average Bonchev–Trinajstić information content (AvgIpc) is 2.94. The van der Waals surface area contributed by atoms with Crippen molar-refractivity contribution in [2.24, 2.45) is 0 Å².